The van der Waals surface area contributed by atoms with Crippen LogP contribution in [0.25, 0.3) is 0 Å². The van der Waals surface area contributed by atoms with Gasteiger partial charge in [0.2, 0.25) is 0 Å². The molecule has 0 atom stereocenters. The lowest BCUT2D eigenvalue weighted by Crippen LogP contribution is -2.31. The lowest BCUT2D eigenvalue weighted by molar-refractivity contribution is 0.594. The third kappa shape index (κ3) is 2.67. The second-order valence-electron chi connectivity index (χ2n) is 4.92. The molecule has 0 amide bonds. The van der Waals surface area contributed by atoms with E-state index < -0.39 is 9.84 Å². The third-order valence-corrected chi connectivity index (χ3v) is 5.31. The Morgan fingerprint density at radius 3 is 2.56 bits per heavy atom. The minimum Gasteiger partial charge on any atom is -0.377 e. The second kappa shape index (κ2) is 4.90. The van der Waals surface area contributed by atoms with Crippen LogP contribution < -0.4 is 11.1 Å². The number of rotatable bonds is 6. The van der Waals surface area contributed by atoms with E-state index in [4.69, 9.17) is 5.73 Å². The number of hydrogen-bond donors (Lipinski definition) is 2. The lowest BCUT2D eigenvalue weighted by Gasteiger charge is -2.19. The van der Waals surface area contributed by atoms with E-state index in [9.17, 15) is 8.42 Å². The molecule has 0 saturated heterocycles. The van der Waals surface area contributed by atoms with Crippen LogP contribution in [0.5, 0.6) is 0 Å². The lowest BCUT2D eigenvalue weighted by atomic mass is 10.2. The quantitative estimate of drug-likeness (QED) is 0.825. The molecule has 2 rings (SSSR count). The van der Waals surface area contributed by atoms with Crippen LogP contribution in [0.4, 0.5) is 5.69 Å². The van der Waals surface area contributed by atoms with E-state index in [1.54, 1.807) is 12.1 Å². The first-order valence-electron chi connectivity index (χ1n) is 6.33. The number of para-hydroxylation sites is 1. The Hall–Kier alpha value is -1.07. The second-order valence-corrected chi connectivity index (χ2v) is 7.00. The highest BCUT2D eigenvalue weighted by Crippen LogP contribution is 2.39. The third-order valence-electron chi connectivity index (χ3n) is 3.34. The van der Waals surface area contributed by atoms with Crippen LogP contribution in [-0.2, 0) is 9.84 Å². The van der Waals surface area contributed by atoms with Gasteiger partial charge < -0.3 is 11.1 Å². The van der Waals surface area contributed by atoms with Crippen LogP contribution in [0.3, 0.4) is 0 Å². The standard InChI is InChI=1S/C13H20N2O2S/c1-2-9-18(16,17)12-6-4-3-5-11(12)15-13(10-14)7-8-13/h3-6,15H,2,7-10,14H2,1H3. The van der Waals surface area contributed by atoms with E-state index in [0.29, 0.717) is 23.5 Å². The monoisotopic (exact) mass is 268 g/mol. The molecule has 1 fully saturated rings. The summed E-state index contributed by atoms with van der Waals surface area (Å²) in [7, 11) is -3.20. The number of nitrogens with two attached hydrogens (primary N) is 1. The normalized spacial score (nSPS) is 17.4. The molecule has 4 nitrogen and oxygen atoms in total. The van der Waals surface area contributed by atoms with E-state index in [0.717, 1.165) is 12.8 Å². The number of sulfone groups is 1. The molecule has 1 aliphatic rings. The maximum atomic E-state index is 12.2. The Bertz CT molecular complexity index is 522. The summed E-state index contributed by atoms with van der Waals surface area (Å²) < 4.78 is 24.4. The SMILES string of the molecule is CCCS(=O)(=O)c1ccccc1NC1(CN)CC1. The first kappa shape index (κ1) is 13.4. The Morgan fingerprint density at radius 2 is 2.00 bits per heavy atom. The smallest absolute Gasteiger partial charge is 0.180 e. The number of hydrogen-bond acceptors (Lipinski definition) is 4. The van der Waals surface area contributed by atoms with Crippen molar-refractivity contribution < 1.29 is 8.42 Å². The van der Waals surface area contributed by atoms with E-state index in [1.165, 1.54) is 0 Å². The van der Waals surface area contributed by atoms with Gasteiger partial charge in [-0.05, 0) is 31.4 Å². The summed E-state index contributed by atoms with van der Waals surface area (Å²) in [4.78, 5) is 0.395. The summed E-state index contributed by atoms with van der Waals surface area (Å²) in [6, 6.07) is 7.09. The van der Waals surface area contributed by atoms with Crippen LogP contribution >= 0.6 is 0 Å². The molecular formula is C13H20N2O2S. The molecule has 18 heavy (non-hydrogen) atoms. The van der Waals surface area contributed by atoms with Gasteiger partial charge in [0.1, 0.15) is 0 Å². The van der Waals surface area contributed by atoms with Crippen molar-refractivity contribution in [1.29, 1.82) is 0 Å². The van der Waals surface area contributed by atoms with Crippen LogP contribution in [0, 0.1) is 0 Å². The fourth-order valence-electron chi connectivity index (χ4n) is 2.04. The molecule has 1 aromatic carbocycles. The maximum Gasteiger partial charge on any atom is 0.180 e. The molecule has 0 unspecified atom stereocenters. The molecule has 5 heteroatoms. The van der Waals surface area contributed by atoms with Crippen LogP contribution in [0.15, 0.2) is 29.2 Å². The summed E-state index contributed by atoms with van der Waals surface area (Å²) in [5.74, 6) is 0.182. The zero-order valence-corrected chi connectivity index (χ0v) is 11.5. The van der Waals surface area contributed by atoms with Crippen molar-refractivity contribution in [1.82, 2.24) is 0 Å². The molecule has 0 heterocycles. The topological polar surface area (TPSA) is 72.2 Å². The van der Waals surface area contributed by atoms with Crippen molar-refractivity contribution in [3.63, 3.8) is 0 Å². The molecular weight excluding hydrogens is 248 g/mol. The summed E-state index contributed by atoms with van der Waals surface area (Å²) in [6.07, 6.45) is 2.63. The van der Waals surface area contributed by atoms with Gasteiger partial charge in [0.05, 0.1) is 16.3 Å². The van der Waals surface area contributed by atoms with Gasteiger partial charge in [-0.1, -0.05) is 19.1 Å². The van der Waals surface area contributed by atoms with Crippen molar-refractivity contribution in [2.24, 2.45) is 5.73 Å². The molecule has 0 spiro atoms. The Labute approximate surface area is 108 Å². The predicted octanol–water partition coefficient (Wildman–Crippen LogP) is 1.77. The fourth-order valence-corrected chi connectivity index (χ4v) is 3.53. The van der Waals surface area contributed by atoms with Crippen molar-refractivity contribution >= 4 is 15.5 Å². The summed E-state index contributed by atoms with van der Waals surface area (Å²) >= 11 is 0. The van der Waals surface area contributed by atoms with E-state index in [-0.39, 0.29) is 11.3 Å². The number of nitrogens with one attached hydrogen (secondary N) is 1. The molecule has 0 radical (unpaired) electrons. The van der Waals surface area contributed by atoms with Gasteiger partial charge in [0, 0.05) is 12.1 Å². The number of anilines is 1. The molecule has 100 valence electrons. The minimum absolute atomic E-state index is 0.0855. The summed E-state index contributed by atoms with van der Waals surface area (Å²) in [6.45, 7) is 2.41. The highest BCUT2D eigenvalue weighted by Gasteiger charge is 2.41. The van der Waals surface area contributed by atoms with Gasteiger partial charge in [-0.25, -0.2) is 8.42 Å². The Balaban J connectivity index is 2.31. The molecule has 0 aromatic heterocycles. The minimum atomic E-state index is -3.20. The van der Waals surface area contributed by atoms with Gasteiger partial charge >= 0.3 is 0 Å². The van der Waals surface area contributed by atoms with Crippen LogP contribution in [-0.4, -0.2) is 26.3 Å². The zero-order chi connectivity index (χ0) is 13.2. The molecule has 1 aliphatic carbocycles. The molecule has 0 bridgehead atoms. The highest BCUT2D eigenvalue weighted by atomic mass is 32.2. The predicted molar refractivity (Wildman–Crippen MR) is 73.4 cm³/mol. The fraction of sp³-hybridized carbons (Fsp3) is 0.538. The maximum absolute atomic E-state index is 12.2. The molecule has 1 aromatic rings. The van der Waals surface area contributed by atoms with E-state index in [1.807, 2.05) is 19.1 Å². The summed E-state index contributed by atoms with van der Waals surface area (Å²) in [5.41, 5.74) is 6.33. The van der Waals surface area contributed by atoms with Gasteiger partial charge in [0.15, 0.2) is 9.84 Å². The largest absolute Gasteiger partial charge is 0.377 e. The van der Waals surface area contributed by atoms with Gasteiger partial charge in [-0.2, -0.15) is 0 Å². The van der Waals surface area contributed by atoms with Crippen molar-refractivity contribution in [3.8, 4) is 0 Å². The first-order chi connectivity index (χ1) is 8.53. The Kier molecular flexibility index (Phi) is 3.64. The van der Waals surface area contributed by atoms with Crippen molar-refractivity contribution in [2.75, 3.05) is 17.6 Å². The van der Waals surface area contributed by atoms with E-state index >= 15 is 0 Å². The highest BCUT2D eigenvalue weighted by molar-refractivity contribution is 7.91. The van der Waals surface area contributed by atoms with Gasteiger partial charge in [0.25, 0.3) is 0 Å². The van der Waals surface area contributed by atoms with Crippen LogP contribution in [0.2, 0.25) is 0 Å². The molecule has 3 N–H and O–H groups in total. The zero-order valence-electron chi connectivity index (χ0n) is 10.6. The first-order valence-corrected chi connectivity index (χ1v) is 7.98. The average molecular weight is 268 g/mol. The average Bonchev–Trinajstić information content (AvgIpc) is 3.10. The molecule has 0 aliphatic heterocycles. The summed E-state index contributed by atoms with van der Waals surface area (Å²) in [5, 5.41) is 3.31. The van der Waals surface area contributed by atoms with Gasteiger partial charge in [-0.3, -0.25) is 0 Å². The van der Waals surface area contributed by atoms with Crippen LogP contribution in [0.1, 0.15) is 26.2 Å². The molecule has 1 saturated carbocycles. The van der Waals surface area contributed by atoms with Gasteiger partial charge in [-0.15, -0.1) is 0 Å². The number of benzene rings is 1. The van der Waals surface area contributed by atoms with Crippen molar-refractivity contribution in [3.05, 3.63) is 24.3 Å². The Morgan fingerprint density at radius 1 is 1.33 bits per heavy atom. The van der Waals surface area contributed by atoms with E-state index in [2.05, 4.69) is 5.32 Å². The van der Waals surface area contributed by atoms with Crippen molar-refractivity contribution in [2.45, 2.75) is 36.6 Å².